The van der Waals surface area contributed by atoms with E-state index in [-0.39, 0.29) is 11.6 Å². The summed E-state index contributed by atoms with van der Waals surface area (Å²) in [5, 5.41) is 5.75. The highest BCUT2D eigenvalue weighted by molar-refractivity contribution is 5.96. The van der Waals surface area contributed by atoms with Gasteiger partial charge in [0.25, 0.3) is 0 Å². The van der Waals surface area contributed by atoms with E-state index in [0.717, 1.165) is 16.5 Å². The molecule has 1 heterocycles. The highest BCUT2D eigenvalue weighted by Crippen LogP contribution is 2.32. The van der Waals surface area contributed by atoms with Gasteiger partial charge in [0, 0.05) is 28.7 Å². The molecule has 0 saturated heterocycles. The first kappa shape index (κ1) is 16.3. The van der Waals surface area contributed by atoms with Crippen molar-refractivity contribution in [3.63, 3.8) is 0 Å². The monoisotopic (exact) mass is 320 g/mol. The molecular formula is C21H24N2O. The zero-order valence-corrected chi connectivity index (χ0v) is 14.7. The Kier molecular flexibility index (Phi) is 4.43. The number of hydrogen-bond donors (Lipinski definition) is 1. The van der Waals surface area contributed by atoms with E-state index in [1.807, 2.05) is 45.2 Å². The third-order valence-electron chi connectivity index (χ3n) is 3.84. The molecule has 2 aromatic carbocycles. The van der Waals surface area contributed by atoms with Gasteiger partial charge in [0.1, 0.15) is 5.60 Å². The molecule has 0 aliphatic carbocycles. The quantitative estimate of drug-likeness (QED) is 0.681. The maximum absolute atomic E-state index is 6.02. The topological polar surface area (TPSA) is 34.1 Å². The SMILES string of the molecule is CC(Nc1cccc2c(OC(C)(C)C)nccc12)c1ccccc1. The van der Waals surface area contributed by atoms with Crippen LogP contribution >= 0.6 is 0 Å². The average molecular weight is 320 g/mol. The Hall–Kier alpha value is -2.55. The Morgan fingerprint density at radius 2 is 1.67 bits per heavy atom. The van der Waals surface area contributed by atoms with Crippen LogP contribution in [0.25, 0.3) is 10.8 Å². The highest BCUT2D eigenvalue weighted by atomic mass is 16.5. The molecular weight excluding hydrogens is 296 g/mol. The molecule has 3 aromatic rings. The second-order valence-corrected chi connectivity index (χ2v) is 7.01. The highest BCUT2D eigenvalue weighted by Gasteiger charge is 2.16. The number of rotatable bonds is 4. The molecule has 3 heteroatoms. The Labute approximate surface area is 143 Å². The lowest BCUT2D eigenvalue weighted by Crippen LogP contribution is -2.23. The van der Waals surface area contributed by atoms with Gasteiger partial charge < -0.3 is 10.1 Å². The first-order chi connectivity index (χ1) is 11.4. The summed E-state index contributed by atoms with van der Waals surface area (Å²) in [6.07, 6.45) is 1.81. The van der Waals surface area contributed by atoms with Gasteiger partial charge in [-0.3, -0.25) is 0 Å². The minimum atomic E-state index is -0.276. The van der Waals surface area contributed by atoms with Crippen molar-refractivity contribution in [1.82, 2.24) is 4.98 Å². The Balaban J connectivity index is 1.96. The molecule has 0 radical (unpaired) electrons. The number of nitrogens with one attached hydrogen (secondary N) is 1. The number of benzene rings is 2. The lowest BCUT2D eigenvalue weighted by Gasteiger charge is -2.22. The fourth-order valence-corrected chi connectivity index (χ4v) is 2.74. The second kappa shape index (κ2) is 6.52. The Morgan fingerprint density at radius 3 is 2.38 bits per heavy atom. The number of pyridine rings is 1. The molecule has 0 bridgehead atoms. The normalized spacial score (nSPS) is 12.8. The molecule has 0 aliphatic rings. The summed E-state index contributed by atoms with van der Waals surface area (Å²) < 4.78 is 6.02. The molecule has 0 aliphatic heterocycles. The van der Waals surface area contributed by atoms with Gasteiger partial charge in [0.05, 0.1) is 0 Å². The van der Waals surface area contributed by atoms with E-state index >= 15 is 0 Å². The van der Waals surface area contributed by atoms with Crippen molar-refractivity contribution in [2.24, 2.45) is 0 Å². The molecule has 3 nitrogen and oxygen atoms in total. The maximum Gasteiger partial charge on any atom is 0.221 e. The summed E-state index contributed by atoms with van der Waals surface area (Å²) in [4.78, 5) is 4.42. The summed E-state index contributed by atoms with van der Waals surface area (Å²) >= 11 is 0. The van der Waals surface area contributed by atoms with Crippen molar-refractivity contribution in [2.45, 2.75) is 39.3 Å². The van der Waals surface area contributed by atoms with Gasteiger partial charge in [-0.15, -0.1) is 0 Å². The zero-order valence-electron chi connectivity index (χ0n) is 14.7. The molecule has 0 spiro atoms. The number of hydrogen-bond acceptors (Lipinski definition) is 3. The van der Waals surface area contributed by atoms with Gasteiger partial charge in [0.2, 0.25) is 5.88 Å². The fourth-order valence-electron chi connectivity index (χ4n) is 2.74. The largest absolute Gasteiger partial charge is 0.471 e. The lowest BCUT2D eigenvalue weighted by molar-refractivity contribution is 0.126. The smallest absolute Gasteiger partial charge is 0.221 e. The van der Waals surface area contributed by atoms with Crippen LogP contribution in [0.1, 0.15) is 39.3 Å². The number of aromatic nitrogens is 1. The summed E-state index contributed by atoms with van der Waals surface area (Å²) in [6, 6.07) is 18.9. The van der Waals surface area contributed by atoms with E-state index in [2.05, 4.69) is 53.6 Å². The second-order valence-electron chi connectivity index (χ2n) is 7.01. The third-order valence-corrected chi connectivity index (χ3v) is 3.84. The fraction of sp³-hybridized carbons (Fsp3) is 0.286. The molecule has 24 heavy (non-hydrogen) atoms. The van der Waals surface area contributed by atoms with Crippen molar-refractivity contribution in [1.29, 1.82) is 0 Å². The van der Waals surface area contributed by atoms with E-state index in [9.17, 15) is 0 Å². The number of anilines is 1. The van der Waals surface area contributed by atoms with Crippen molar-refractivity contribution < 1.29 is 4.74 Å². The van der Waals surface area contributed by atoms with Crippen LogP contribution in [0.15, 0.2) is 60.8 Å². The number of nitrogens with zero attached hydrogens (tertiary/aromatic N) is 1. The van der Waals surface area contributed by atoms with Crippen LogP contribution in [0.3, 0.4) is 0 Å². The number of fused-ring (bicyclic) bond motifs is 1. The molecule has 1 unspecified atom stereocenters. The molecule has 0 fully saturated rings. The van der Waals surface area contributed by atoms with E-state index in [1.165, 1.54) is 5.56 Å². The summed E-state index contributed by atoms with van der Waals surface area (Å²) in [5.74, 6) is 0.677. The van der Waals surface area contributed by atoms with E-state index in [0.29, 0.717) is 5.88 Å². The van der Waals surface area contributed by atoms with Crippen LogP contribution in [-0.4, -0.2) is 10.6 Å². The van der Waals surface area contributed by atoms with Crippen LogP contribution in [0.2, 0.25) is 0 Å². The van der Waals surface area contributed by atoms with Gasteiger partial charge in [0.15, 0.2) is 0 Å². The van der Waals surface area contributed by atoms with Gasteiger partial charge in [-0.05, 0) is 51.5 Å². The minimum Gasteiger partial charge on any atom is -0.471 e. The first-order valence-corrected chi connectivity index (χ1v) is 8.32. The van der Waals surface area contributed by atoms with E-state index in [4.69, 9.17) is 4.74 Å². The summed E-state index contributed by atoms with van der Waals surface area (Å²) in [7, 11) is 0. The van der Waals surface area contributed by atoms with Crippen LogP contribution in [0.5, 0.6) is 5.88 Å². The first-order valence-electron chi connectivity index (χ1n) is 8.32. The standard InChI is InChI=1S/C21H24N2O/c1-15(16-9-6-5-7-10-16)23-19-12-8-11-18-17(19)13-14-22-20(18)24-21(2,3)4/h5-15,23H,1-4H3. The van der Waals surface area contributed by atoms with Crippen molar-refractivity contribution in [2.75, 3.05) is 5.32 Å². The molecule has 1 N–H and O–H groups in total. The van der Waals surface area contributed by atoms with Crippen molar-refractivity contribution >= 4 is 16.5 Å². The average Bonchev–Trinajstić information content (AvgIpc) is 2.55. The van der Waals surface area contributed by atoms with E-state index in [1.54, 1.807) is 0 Å². The van der Waals surface area contributed by atoms with Crippen molar-refractivity contribution in [3.8, 4) is 5.88 Å². The molecule has 124 valence electrons. The van der Waals surface area contributed by atoms with Crippen molar-refractivity contribution in [3.05, 3.63) is 66.4 Å². The van der Waals surface area contributed by atoms with Crippen LogP contribution in [-0.2, 0) is 0 Å². The lowest BCUT2D eigenvalue weighted by atomic mass is 10.1. The maximum atomic E-state index is 6.02. The van der Waals surface area contributed by atoms with Gasteiger partial charge in [-0.25, -0.2) is 4.98 Å². The summed E-state index contributed by atoms with van der Waals surface area (Å²) in [5.41, 5.74) is 2.07. The number of ether oxygens (including phenoxy) is 1. The Bertz CT molecular complexity index is 822. The molecule has 0 amide bonds. The molecule has 3 rings (SSSR count). The molecule has 0 saturated carbocycles. The van der Waals surface area contributed by atoms with Gasteiger partial charge >= 0.3 is 0 Å². The van der Waals surface area contributed by atoms with Gasteiger partial charge in [-0.2, -0.15) is 0 Å². The van der Waals surface area contributed by atoms with Crippen LogP contribution in [0.4, 0.5) is 5.69 Å². The minimum absolute atomic E-state index is 0.219. The predicted octanol–water partition coefficient (Wildman–Crippen LogP) is 5.59. The predicted molar refractivity (Wildman–Crippen MR) is 101 cm³/mol. The van der Waals surface area contributed by atoms with Crippen LogP contribution < -0.4 is 10.1 Å². The third kappa shape index (κ3) is 3.67. The zero-order chi connectivity index (χ0) is 17.2. The summed E-state index contributed by atoms with van der Waals surface area (Å²) in [6.45, 7) is 8.27. The molecule has 1 atom stereocenters. The van der Waals surface area contributed by atoms with Gasteiger partial charge in [-0.1, -0.05) is 36.4 Å². The Morgan fingerprint density at radius 1 is 0.917 bits per heavy atom. The van der Waals surface area contributed by atoms with Crippen LogP contribution in [0, 0.1) is 0 Å². The van der Waals surface area contributed by atoms with E-state index < -0.39 is 0 Å². The molecule has 1 aromatic heterocycles.